The first-order valence-electron chi connectivity index (χ1n) is 7.59. The summed E-state index contributed by atoms with van der Waals surface area (Å²) in [4.78, 5) is 11.9. The molecule has 0 aliphatic rings. The van der Waals surface area contributed by atoms with Gasteiger partial charge in [0.05, 0.1) is 19.3 Å². The molecule has 0 spiro atoms. The van der Waals surface area contributed by atoms with Gasteiger partial charge < -0.3 is 19.3 Å². The third-order valence-corrected chi connectivity index (χ3v) is 4.94. The summed E-state index contributed by atoms with van der Waals surface area (Å²) < 4.78 is 41.9. The van der Waals surface area contributed by atoms with Crippen LogP contribution in [0.2, 0.25) is 0 Å². The van der Waals surface area contributed by atoms with E-state index in [1.165, 1.54) is 20.8 Å². The maximum Gasteiger partial charge on any atom is 0.246 e. The number of nitrogens with zero attached hydrogens (tertiary/aromatic N) is 1. The number of aromatic nitrogens is 1. The highest BCUT2D eigenvalue weighted by molar-refractivity contribution is 7.89. The van der Waals surface area contributed by atoms with Gasteiger partial charge in [-0.1, -0.05) is 5.16 Å². The quantitative estimate of drug-likeness (QED) is 0.536. The molecular formula is C14H25N3O6S. The van der Waals surface area contributed by atoms with Crippen molar-refractivity contribution in [3.63, 3.8) is 0 Å². The fourth-order valence-electron chi connectivity index (χ4n) is 1.99. The smallest absolute Gasteiger partial charge is 0.246 e. The first-order valence-corrected chi connectivity index (χ1v) is 9.07. The molecule has 24 heavy (non-hydrogen) atoms. The molecule has 0 fully saturated rings. The van der Waals surface area contributed by atoms with Gasteiger partial charge in [0.15, 0.2) is 5.76 Å². The number of carbonyl (C=O) groups is 1. The van der Waals surface area contributed by atoms with Crippen molar-refractivity contribution in [3.05, 3.63) is 11.5 Å². The molecule has 0 saturated carbocycles. The third kappa shape index (κ3) is 6.19. The summed E-state index contributed by atoms with van der Waals surface area (Å²) in [5.74, 6) is -0.233. The van der Waals surface area contributed by atoms with E-state index in [9.17, 15) is 13.2 Å². The average molecular weight is 363 g/mol. The van der Waals surface area contributed by atoms with Gasteiger partial charge in [-0.3, -0.25) is 4.79 Å². The van der Waals surface area contributed by atoms with Crippen LogP contribution in [0.25, 0.3) is 0 Å². The molecule has 9 nitrogen and oxygen atoms in total. The second-order valence-corrected chi connectivity index (χ2v) is 6.90. The Morgan fingerprint density at radius 1 is 1.29 bits per heavy atom. The number of sulfonamides is 1. The van der Waals surface area contributed by atoms with Gasteiger partial charge in [0.1, 0.15) is 10.6 Å². The number of methoxy groups -OCH3 is 1. The summed E-state index contributed by atoms with van der Waals surface area (Å²) in [5.41, 5.74) is 0.251. The molecule has 0 bridgehead atoms. The molecular weight excluding hydrogens is 338 g/mol. The molecule has 1 aromatic rings. The minimum atomic E-state index is -3.87. The van der Waals surface area contributed by atoms with Crippen molar-refractivity contribution in [1.29, 1.82) is 0 Å². The zero-order chi connectivity index (χ0) is 18.2. The number of amides is 1. The Bertz CT molecular complexity index is 609. The normalized spacial score (nSPS) is 13.0. The SMILES string of the molecule is COCCOCCCNC(=O)[C@H](C)NS(=O)(=O)c1c(C)noc1C. The summed E-state index contributed by atoms with van der Waals surface area (Å²) in [7, 11) is -2.28. The predicted octanol–water partition coefficient (Wildman–Crippen LogP) is 0.128. The van der Waals surface area contributed by atoms with Gasteiger partial charge in [0.25, 0.3) is 0 Å². The molecule has 1 rings (SSSR count). The first kappa shape index (κ1) is 20.6. The van der Waals surface area contributed by atoms with Crippen LogP contribution in [0.15, 0.2) is 9.42 Å². The van der Waals surface area contributed by atoms with Gasteiger partial charge in [0.2, 0.25) is 15.9 Å². The number of carbonyl (C=O) groups excluding carboxylic acids is 1. The summed E-state index contributed by atoms with van der Waals surface area (Å²) in [6.45, 7) is 6.40. The molecule has 10 heteroatoms. The lowest BCUT2D eigenvalue weighted by Gasteiger charge is -2.14. The number of hydrogen-bond donors (Lipinski definition) is 2. The third-order valence-electron chi connectivity index (χ3n) is 3.16. The molecule has 1 aromatic heterocycles. The molecule has 1 atom stereocenters. The summed E-state index contributed by atoms with van der Waals surface area (Å²) in [5, 5.41) is 6.26. The summed E-state index contributed by atoms with van der Waals surface area (Å²) in [6.07, 6.45) is 0.624. The standard InChI is InChI=1S/C14H25N3O6S/c1-10-13(12(3)23-16-10)24(19,20)17-11(2)14(18)15-6-5-7-22-9-8-21-4/h11,17H,5-9H2,1-4H3,(H,15,18)/t11-/m0/s1. The highest BCUT2D eigenvalue weighted by Crippen LogP contribution is 2.18. The molecule has 0 aliphatic carbocycles. The maximum atomic E-state index is 12.3. The zero-order valence-corrected chi connectivity index (χ0v) is 15.2. The lowest BCUT2D eigenvalue weighted by molar-refractivity contribution is -0.122. The molecule has 0 saturated heterocycles. The number of rotatable bonds is 11. The number of hydrogen-bond acceptors (Lipinski definition) is 7. The van der Waals surface area contributed by atoms with Crippen LogP contribution < -0.4 is 10.0 Å². The largest absolute Gasteiger partial charge is 0.382 e. The van der Waals surface area contributed by atoms with Gasteiger partial charge in [0, 0.05) is 20.3 Å². The van der Waals surface area contributed by atoms with Crippen molar-refractivity contribution in [1.82, 2.24) is 15.2 Å². The molecule has 1 amide bonds. The fraction of sp³-hybridized carbons (Fsp3) is 0.714. The van der Waals surface area contributed by atoms with Crippen LogP contribution in [-0.2, 0) is 24.3 Å². The van der Waals surface area contributed by atoms with Crippen molar-refractivity contribution in [2.45, 2.75) is 38.1 Å². The second-order valence-electron chi connectivity index (χ2n) is 5.25. The first-order chi connectivity index (χ1) is 11.3. The van der Waals surface area contributed by atoms with Crippen molar-refractivity contribution < 1.29 is 27.2 Å². The number of aryl methyl sites for hydroxylation is 2. The Morgan fingerprint density at radius 2 is 2.00 bits per heavy atom. The van der Waals surface area contributed by atoms with Crippen molar-refractivity contribution >= 4 is 15.9 Å². The lowest BCUT2D eigenvalue weighted by Crippen LogP contribution is -2.45. The second kappa shape index (κ2) is 9.72. The fourth-order valence-corrected chi connectivity index (χ4v) is 3.52. The van der Waals surface area contributed by atoms with E-state index in [-0.39, 0.29) is 16.3 Å². The van der Waals surface area contributed by atoms with Crippen LogP contribution in [0.4, 0.5) is 0 Å². The van der Waals surface area contributed by atoms with Crippen LogP contribution in [-0.4, -0.2) is 59.0 Å². The van der Waals surface area contributed by atoms with Crippen LogP contribution in [0.3, 0.4) is 0 Å². The minimum Gasteiger partial charge on any atom is -0.382 e. The van der Waals surface area contributed by atoms with Gasteiger partial charge in [-0.25, -0.2) is 8.42 Å². The summed E-state index contributed by atoms with van der Waals surface area (Å²) in [6, 6.07) is -0.918. The molecule has 0 unspecified atom stereocenters. The van der Waals surface area contributed by atoms with E-state index in [4.69, 9.17) is 14.0 Å². The maximum absolute atomic E-state index is 12.3. The molecule has 0 aromatic carbocycles. The van der Waals surface area contributed by atoms with Gasteiger partial charge in [-0.2, -0.15) is 4.72 Å². The van der Waals surface area contributed by atoms with Crippen LogP contribution in [0, 0.1) is 13.8 Å². The Labute approximate surface area is 142 Å². The van der Waals surface area contributed by atoms with Crippen molar-refractivity contribution in [2.75, 3.05) is 33.5 Å². The van der Waals surface area contributed by atoms with Crippen LogP contribution in [0.5, 0.6) is 0 Å². The molecule has 2 N–H and O–H groups in total. The number of nitrogens with one attached hydrogen (secondary N) is 2. The van der Waals surface area contributed by atoms with E-state index < -0.39 is 22.0 Å². The van der Waals surface area contributed by atoms with Crippen LogP contribution in [0.1, 0.15) is 24.8 Å². The van der Waals surface area contributed by atoms with Crippen molar-refractivity contribution in [3.8, 4) is 0 Å². The average Bonchev–Trinajstić information content (AvgIpc) is 2.85. The van der Waals surface area contributed by atoms with Gasteiger partial charge in [-0.05, 0) is 27.2 Å². The van der Waals surface area contributed by atoms with E-state index in [0.29, 0.717) is 32.8 Å². The van der Waals surface area contributed by atoms with Crippen molar-refractivity contribution in [2.24, 2.45) is 0 Å². The van der Waals surface area contributed by atoms with E-state index in [1.54, 1.807) is 7.11 Å². The van der Waals surface area contributed by atoms with E-state index in [1.807, 2.05) is 0 Å². The Kier molecular flexibility index (Phi) is 8.32. The van der Waals surface area contributed by atoms with E-state index in [2.05, 4.69) is 15.2 Å². The topological polar surface area (TPSA) is 120 Å². The number of ether oxygens (including phenoxy) is 2. The Balaban J connectivity index is 2.41. The zero-order valence-electron chi connectivity index (χ0n) is 14.4. The Morgan fingerprint density at radius 3 is 2.58 bits per heavy atom. The van der Waals surface area contributed by atoms with E-state index in [0.717, 1.165) is 0 Å². The Hall–Kier alpha value is -1.49. The molecule has 138 valence electrons. The molecule has 0 radical (unpaired) electrons. The summed E-state index contributed by atoms with van der Waals surface area (Å²) >= 11 is 0. The van der Waals surface area contributed by atoms with Gasteiger partial charge >= 0.3 is 0 Å². The van der Waals surface area contributed by atoms with Gasteiger partial charge in [-0.15, -0.1) is 0 Å². The van der Waals surface area contributed by atoms with E-state index >= 15 is 0 Å². The minimum absolute atomic E-state index is 0.0336. The molecule has 0 aliphatic heterocycles. The highest BCUT2D eigenvalue weighted by Gasteiger charge is 2.27. The monoisotopic (exact) mass is 363 g/mol. The highest BCUT2D eigenvalue weighted by atomic mass is 32.2. The predicted molar refractivity (Wildman–Crippen MR) is 86.1 cm³/mol. The molecule has 1 heterocycles. The lowest BCUT2D eigenvalue weighted by atomic mass is 10.3. The van der Waals surface area contributed by atoms with Crippen LogP contribution >= 0.6 is 0 Å².